The summed E-state index contributed by atoms with van der Waals surface area (Å²) in [5, 5.41) is 3.88. The predicted molar refractivity (Wildman–Crippen MR) is 88.8 cm³/mol. The van der Waals surface area contributed by atoms with E-state index in [2.05, 4.69) is 5.32 Å². The van der Waals surface area contributed by atoms with Gasteiger partial charge in [-0.1, -0.05) is 18.2 Å². The third-order valence-corrected chi connectivity index (χ3v) is 4.04. The van der Waals surface area contributed by atoms with Crippen molar-refractivity contribution in [2.24, 2.45) is 0 Å². The first-order valence-electron chi connectivity index (χ1n) is 8.36. The number of para-hydroxylation sites is 1. The lowest BCUT2D eigenvalue weighted by Gasteiger charge is -2.13. The summed E-state index contributed by atoms with van der Waals surface area (Å²) in [4.78, 5) is 25.1. The zero-order valence-electron chi connectivity index (χ0n) is 14.1. The van der Waals surface area contributed by atoms with Crippen LogP contribution in [0.5, 0.6) is 0 Å². The van der Waals surface area contributed by atoms with Crippen LogP contribution in [0.3, 0.4) is 0 Å². The molecule has 128 valence electrons. The van der Waals surface area contributed by atoms with Crippen molar-refractivity contribution in [2.75, 3.05) is 20.2 Å². The van der Waals surface area contributed by atoms with Crippen LogP contribution < -0.4 is 10.2 Å². The molecule has 0 saturated heterocycles. The largest absolute Gasteiger partial charge is 0.460 e. The van der Waals surface area contributed by atoms with E-state index < -0.39 is 5.97 Å². The Kier molecular flexibility index (Phi) is 4.85. The highest BCUT2D eigenvalue weighted by Crippen LogP contribution is 2.26. The number of benzene rings is 1. The third-order valence-electron chi connectivity index (χ3n) is 4.04. The van der Waals surface area contributed by atoms with E-state index >= 15 is 0 Å². The first-order chi connectivity index (χ1) is 11.6. The van der Waals surface area contributed by atoms with E-state index in [0.29, 0.717) is 31.3 Å². The summed E-state index contributed by atoms with van der Waals surface area (Å²) in [5.41, 5.74) is 1.45. The lowest BCUT2D eigenvalue weighted by Crippen LogP contribution is -3.09. The molecule has 0 radical (unpaired) electrons. The molecule has 1 fully saturated rings. The molecule has 1 heterocycles. The number of nitrogens with one attached hydrogen (secondary N) is 2. The molecule has 0 bridgehead atoms. The molecule has 1 aromatic carbocycles. The number of hydrogen-bond acceptors (Lipinski definition) is 4. The second-order valence-corrected chi connectivity index (χ2v) is 6.28. The van der Waals surface area contributed by atoms with Gasteiger partial charge in [-0.15, -0.1) is 0 Å². The fraction of sp³-hybridized carbons (Fsp3) is 0.444. The normalized spacial score (nSPS) is 15.2. The number of furan rings is 1. The molecule has 0 aliphatic heterocycles. The fourth-order valence-corrected chi connectivity index (χ4v) is 2.78. The third kappa shape index (κ3) is 3.76. The molecular weight excluding hydrogens is 308 g/mol. The Morgan fingerprint density at radius 1 is 1.33 bits per heavy atom. The minimum Gasteiger partial charge on any atom is -0.460 e. The Morgan fingerprint density at radius 2 is 2.08 bits per heavy atom. The number of rotatable bonds is 7. The van der Waals surface area contributed by atoms with Crippen LogP contribution in [-0.2, 0) is 16.1 Å². The highest BCUT2D eigenvalue weighted by molar-refractivity contribution is 5.96. The maximum Gasteiger partial charge on any atom is 0.374 e. The molecule has 1 atom stereocenters. The smallest absolute Gasteiger partial charge is 0.374 e. The average molecular weight is 331 g/mol. The lowest BCUT2D eigenvalue weighted by molar-refractivity contribution is -0.885. The molecule has 0 spiro atoms. The summed E-state index contributed by atoms with van der Waals surface area (Å²) in [7, 11) is 1.93. The number of ether oxygens (including phenoxy) is 1. The Bertz CT molecular complexity index is 749. The minimum atomic E-state index is -0.459. The minimum absolute atomic E-state index is 0.0421. The van der Waals surface area contributed by atoms with Crippen LogP contribution in [0.25, 0.3) is 11.0 Å². The zero-order valence-corrected chi connectivity index (χ0v) is 14.1. The first-order valence-corrected chi connectivity index (χ1v) is 8.36. The molecular formula is C18H23N2O4+. The Morgan fingerprint density at radius 3 is 2.79 bits per heavy atom. The van der Waals surface area contributed by atoms with Crippen molar-refractivity contribution in [1.29, 1.82) is 0 Å². The molecule has 2 N–H and O–H groups in total. The molecule has 1 saturated carbocycles. The molecule has 6 nitrogen and oxygen atoms in total. The molecule has 1 amide bonds. The summed E-state index contributed by atoms with van der Waals surface area (Å²) in [5.74, 6) is -0.181. The van der Waals surface area contributed by atoms with Gasteiger partial charge >= 0.3 is 5.97 Å². The van der Waals surface area contributed by atoms with E-state index in [1.165, 1.54) is 0 Å². The summed E-state index contributed by atoms with van der Waals surface area (Å²) in [6, 6.07) is 7.89. The van der Waals surface area contributed by atoms with Gasteiger partial charge in [0.15, 0.2) is 6.54 Å². The van der Waals surface area contributed by atoms with E-state index in [1.807, 2.05) is 31.3 Å². The summed E-state index contributed by atoms with van der Waals surface area (Å²) < 4.78 is 10.8. The van der Waals surface area contributed by atoms with Gasteiger partial charge in [0, 0.05) is 11.4 Å². The molecule has 24 heavy (non-hydrogen) atoms. The number of likely N-dealkylation sites (N-methyl/N-ethyl adjacent to an activating group) is 1. The quantitative estimate of drug-likeness (QED) is 0.740. The number of carbonyl (C=O) groups excluding carboxylic acids is 2. The van der Waals surface area contributed by atoms with Crippen molar-refractivity contribution in [3.05, 3.63) is 35.6 Å². The highest BCUT2D eigenvalue weighted by Gasteiger charge is 2.27. The topological polar surface area (TPSA) is 73.0 Å². The summed E-state index contributed by atoms with van der Waals surface area (Å²) in [6.45, 7) is 2.93. The number of carbonyl (C=O) groups is 2. The van der Waals surface area contributed by atoms with Crippen LogP contribution in [0.4, 0.5) is 0 Å². The van der Waals surface area contributed by atoms with Gasteiger partial charge in [-0.05, 0) is 25.8 Å². The van der Waals surface area contributed by atoms with Gasteiger partial charge in [0.05, 0.1) is 19.2 Å². The number of amides is 1. The van der Waals surface area contributed by atoms with Gasteiger partial charge in [-0.2, -0.15) is 0 Å². The predicted octanol–water partition coefficient (Wildman–Crippen LogP) is 0.903. The van der Waals surface area contributed by atoms with E-state index in [0.717, 1.165) is 28.7 Å². The summed E-state index contributed by atoms with van der Waals surface area (Å²) >= 11 is 0. The van der Waals surface area contributed by atoms with E-state index in [-0.39, 0.29) is 11.7 Å². The van der Waals surface area contributed by atoms with Gasteiger partial charge in [0.1, 0.15) is 12.1 Å². The van der Waals surface area contributed by atoms with Crippen molar-refractivity contribution >= 4 is 22.8 Å². The molecule has 1 aliphatic rings. The van der Waals surface area contributed by atoms with Crippen molar-refractivity contribution in [1.82, 2.24) is 5.32 Å². The molecule has 3 rings (SSSR count). The van der Waals surface area contributed by atoms with E-state index in [4.69, 9.17) is 9.15 Å². The Hall–Kier alpha value is -2.34. The fourth-order valence-electron chi connectivity index (χ4n) is 2.78. The molecule has 6 heteroatoms. The van der Waals surface area contributed by atoms with Gasteiger partial charge in [0.25, 0.3) is 5.91 Å². The van der Waals surface area contributed by atoms with Crippen molar-refractivity contribution < 1.29 is 23.6 Å². The van der Waals surface area contributed by atoms with E-state index in [9.17, 15) is 9.59 Å². The molecule has 1 aliphatic carbocycles. The number of quaternary nitrogens is 1. The van der Waals surface area contributed by atoms with Crippen molar-refractivity contribution in [3.8, 4) is 0 Å². The highest BCUT2D eigenvalue weighted by atomic mass is 16.5. The van der Waals surface area contributed by atoms with Crippen LogP contribution >= 0.6 is 0 Å². The molecule has 1 aromatic heterocycles. The van der Waals surface area contributed by atoms with Crippen molar-refractivity contribution in [3.63, 3.8) is 0 Å². The monoisotopic (exact) mass is 331 g/mol. The zero-order chi connectivity index (χ0) is 17.1. The van der Waals surface area contributed by atoms with Crippen LogP contribution in [-0.4, -0.2) is 38.1 Å². The van der Waals surface area contributed by atoms with Crippen LogP contribution in [0.1, 0.15) is 35.9 Å². The number of hydrogen-bond donors (Lipinski definition) is 2. The lowest BCUT2D eigenvalue weighted by atomic mass is 10.1. The second-order valence-electron chi connectivity index (χ2n) is 6.28. The average Bonchev–Trinajstić information content (AvgIpc) is 3.27. The maximum absolute atomic E-state index is 12.2. The first kappa shape index (κ1) is 16.5. The van der Waals surface area contributed by atoms with Gasteiger partial charge < -0.3 is 19.4 Å². The molecule has 2 aromatic rings. The molecule has 1 unspecified atom stereocenters. The Balaban J connectivity index is 1.79. The van der Waals surface area contributed by atoms with Crippen molar-refractivity contribution in [2.45, 2.75) is 32.4 Å². The van der Waals surface area contributed by atoms with Gasteiger partial charge in [-0.25, -0.2) is 4.79 Å². The van der Waals surface area contributed by atoms with Gasteiger partial charge in [0.2, 0.25) is 5.76 Å². The Labute approximate surface area is 140 Å². The standard InChI is InChI=1S/C18H22N2O4/c1-3-23-18(22)17-14(13-6-4-5-7-15(13)24-17)10-20(2)11-16(21)19-12-8-9-12/h4-7,12H,3,8-11H2,1-2H3,(H,19,21)/p+1. The summed E-state index contributed by atoms with van der Waals surface area (Å²) in [6.07, 6.45) is 2.15. The van der Waals surface area contributed by atoms with E-state index in [1.54, 1.807) is 6.92 Å². The SMILES string of the molecule is CCOC(=O)c1oc2ccccc2c1C[NH+](C)CC(=O)NC1CC1. The maximum atomic E-state index is 12.2. The number of fused-ring (bicyclic) bond motifs is 1. The second kappa shape index (κ2) is 7.05. The number of esters is 1. The van der Waals surface area contributed by atoms with Crippen LogP contribution in [0, 0.1) is 0 Å². The van der Waals surface area contributed by atoms with Gasteiger partial charge in [-0.3, -0.25) is 4.79 Å². The van der Waals surface area contributed by atoms with Crippen LogP contribution in [0.2, 0.25) is 0 Å². The van der Waals surface area contributed by atoms with Crippen LogP contribution in [0.15, 0.2) is 28.7 Å².